The normalized spacial score (nSPS) is 12.0. The zero-order chi connectivity index (χ0) is 17.5. The molecule has 0 spiro atoms. The largest absolute Gasteiger partial charge is 0.345 e. The summed E-state index contributed by atoms with van der Waals surface area (Å²) in [5.41, 5.74) is 0.710. The standard InChI is InChI=1S/C17H22N4O3/c1-11(2)9-14(18-12(3)22)17-20-15(21-24-17)10-16(23)19-13-7-5-4-6-8-13/h4-8,11,14H,9-10H2,1-3H3,(H,18,22)(H,19,23)/t14-/m0/s1. The van der Waals surface area contributed by atoms with Crippen molar-refractivity contribution >= 4 is 17.5 Å². The van der Waals surface area contributed by atoms with Gasteiger partial charge in [0.05, 0.1) is 6.42 Å². The lowest BCUT2D eigenvalue weighted by atomic mass is 10.0. The second kappa shape index (κ2) is 8.24. The minimum absolute atomic E-state index is 0.00681. The molecule has 2 aromatic rings. The molecule has 0 fully saturated rings. The predicted octanol–water partition coefficient (Wildman–Crippen LogP) is 2.47. The van der Waals surface area contributed by atoms with Gasteiger partial charge < -0.3 is 15.2 Å². The number of nitrogens with one attached hydrogen (secondary N) is 2. The minimum atomic E-state index is -0.346. The van der Waals surface area contributed by atoms with Gasteiger partial charge in [0.1, 0.15) is 6.04 Å². The van der Waals surface area contributed by atoms with Crippen molar-refractivity contribution < 1.29 is 14.1 Å². The lowest BCUT2D eigenvalue weighted by Gasteiger charge is -2.15. The average molecular weight is 330 g/mol. The fourth-order valence-electron chi connectivity index (χ4n) is 2.29. The van der Waals surface area contributed by atoms with Crippen LogP contribution in [0.5, 0.6) is 0 Å². The van der Waals surface area contributed by atoms with E-state index >= 15 is 0 Å². The summed E-state index contributed by atoms with van der Waals surface area (Å²) in [6, 6.07) is 8.81. The van der Waals surface area contributed by atoms with Crippen molar-refractivity contribution in [2.24, 2.45) is 5.92 Å². The van der Waals surface area contributed by atoms with E-state index in [1.807, 2.05) is 32.0 Å². The van der Waals surface area contributed by atoms with E-state index in [-0.39, 0.29) is 30.1 Å². The molecule has 1 aromatic heterocycles. The van der Waals surface area contributed by atoms with Crippen molar-refractivity contribution in [2.75, 3.05) is 5.32 Å². The van der Waals surface area contributed by atoms with Crippen LogP contribution in [-0.4, -0.2) is 22.0 Å². The Morgan fingerprint density at radius 1 is 1.21 bits per heavy atom. The van der Waals surface area contributed by atoms with Gasteiger partial charge in [0.15, 0.2) is 5.82 Å². The molecule has 0 aliphatic rings. The topological polar surface area (TPSA) is 97.1 Å². The lowest BCUT2D eigenvalue weighted by molar-refractivity contribution is -0.120. The van der Waals surface area contributed by atoms with Crippen molar-refractivity contribution in [1.29, 1.82) is 0 Å². The van der Waals surface area contributed by atoms with Crippen molar-refractivity contribution in [3.63, 3.8) is 0 Å². The Hall–Kier alpha value is -2.70. The summed E-state index contributed by atoms with van der Waals surface area (Å²) in [6.45, 7) is 5.52. The molecule has 2 N–H and O–H groups in total. The number of hydrogen-bond donors (Lipinski definition) is 2. The van der Waals surface area contributed by atoms with Gasteiger partial charge in [-0.15, -0.1) is 0 Å². The zero-order valence-corrected chi connectivity index (χ0v) is 14.1. The molecule has 1 aromatic carbocycles. The molecule has 1 atom stereocenters. The fraction of sp³-hybridized carbons (Fsp3) is 0.412. The van der Waals surface area contributed by atoms with E-state index in [0.29, 0.717) is 23.9 Å². The Bertz CT molecular complexity index is 682. The van der Waals surface area contributed by atoms with Gasteiger partial charge in [0, 0.05) is 12.6 Å². The summed E-state index contributed by atoms with van der Waals surface area (Å²) >= 11 is 0. The van der Waals surface area contributed by atoms with Crippen LogP contribution in [0.4, 0.5) is 5.69 Å². The molecule has 0 radical (unpaired) electrons. The van der Waals surface area contributed by atoms with E-state index in [2.05, 4.69) is 20.8 Å². The van der Waals surface area contributed by atoms with Gasteiger partial charge in [-0.3, -0.25) is 9.59 Å². The molecule has 128 valence electrons. The van der Waals surface area contributed by atoms with Crippen LogP contribution in [0.25, 0.3) is 0 Å². The van der Waals surface area contributed by atoms with Crippen molar-refractivity contribution in [3.8, 4) is 0 Å². The molecular formula is C17H22N4O3. The van der Waals surface area contributed by atoms with Gasteiger partial charge in [0.25, 0.3) is 0 Å². The second-order valence-corrected chi connectivity index (χ2v) is 6.02. The number of carbonyl (C=O) groups excluding carboxylic acids is 2. The maximum atomic E-state index is 12.0. The van der Waals surface area contributed by atoms with Crippen LogP contribution < -0.4 is 10.6 Å². The Kier molecular flexibility index (Phi) is 6.06. The number of anilines is 1. The molecule has 0 saturated heterocycles. The van der Waals surface area contributed by atoms with Gasteiger partial charge in [-0.1, -0.05) is 37.2 Å². The van der Waals surface area contributed by atoms with Crippen LogP contribution in [0.15, 0.2) is 34.9 Å². The van der Waals surface area contributed by atoms with Gasteiger partial charge in [-0.2, -0.15) is 4.98 Å². The third kappa shape index (κ3) is 5.49. The second-order valence-electron chi connectivity index (χ2n) is 6.02. The van der Waals surface area contributed by atoms with Gasteiger partial charge in [-0.05, 0) is 24.5 Å². The first-order chi connectivity index (χ1) is 11.4. The Morgan fingerprint density at radius 3 is 2.54 bits per heavy atom. The summed E-state index contributed by atoms with van der Waals surface area (Å²) < 4.78 is 5.22. The van der Waals surface area contributed by atoms with E-state index < -0.39 is 0 Å². The number of amides is 2. The predicted molar refractivity (Wildman–Crippen MR) is 89.1 cm³/mol. The molecule has 2 rings (SSSR count). The highest BCUT2D eigenvalue weighted by molar-refractivity contribution is 5.91. The van der Waals surface area contributed by atoms with Crippen LogP contribution in [-0.2, 0) is 16.0 Å². The minimum Gasteiger partial charge on any atom is -0.345 e. The first-order valence-corrected chi connectivity index (χ1v) is 7.88. The molecular weight excluding hydrogens is 308 g/mol. The van der Waals surface area contributed by atoms with Crippen molar-refractivity contribution in [1.82, 2.24) is 15.5 Å². The molecule has 0 bridgehead atoms. The van der Waals surface area contributed by atoms with E-state index in [0.717, 1.165) is 0 Å². The molecule has 24 heavy (non-hydrogen) atoms. The zero-order valence-electron chi connectivity index (χ0n) is 14.1. The number of benzene rings is 1. The van der Waals surface area contributed by atoms with Crippen molar-refractivity contribution in [3.05, 3.63) is 42.0 Å². The third-order valence-electron chi connectivity index (χ3n) is 3.24. The first-order valence-electron chi connectivity index (χ1n) is 7.88. The SMILES string of the molecule is CC(=O)N[C@@H](CC(C)C)c1nc(CC(=O)Nc2ccccc2)no1. The molecule has 1 heterocycles. The average Bonchev–Trinajstić information content (AvgIpc) is 2.95. The van der Waals surface area contributed by atoms with E-state index in [4.69, 9.17) is 4.52 Å². The molecule has 0 aliphatic heterocycles. The molecule has 7 nitrogen and oxygen atoms in total. The number of carbonyl (C=O) groups is 2. The summed E-state index contributed by atoms with van der Waals surface area (Å²) in [5, 5.41) is 9.40. The number of para-hydroxylation sites is 1. The van der Waals surface area contributed by atoms with Gasteiger partial charge in [-0.25, -0.2) is 0 Å². The highest BCUT2D eigenvalue weighted by atomic mass is 16.5. The Morgan fingerprint density at radius 2 is 1.92 bits per heavy atom. The molecule has 7 heteroatoms. The summed E-state index contributed by atoms with van der Waals surface area (Å²) in [7, 11) is 0. The maximum absolute atomic E-state index is 12.0. The van der Waals surface area contributed by atoms with E-state index in [1.54, 1.807) is 12.1 Å². The van der Waals surface area contributed by atoms with Crippen LogP contribution in [0.3, 0.4) is 0 Å². The lowest BCUT2D eigenvalue weighted by Crippen LogP contribution is -2.27. The summed E-state index contributed by atoms with van der Waals surface area (Å²) in [6.07, 6.45) is 0.685. The third-order valence-corrected chi connectivity index (χ3v) is 3.24. The highest BCUT2D eigenvalue weighted by Gasteiger charge is 2.22. The Balaban J connectivity index is 2.00. The van der Waals surface area contributed by atoms with Crippen LogP contribution in [0.1, 0.15) is 44.9 Å². The first kappa shape index (κ1) is 17.7. The quantitative estimate of drug-likeness (QED) is 0.813. The maximum Gasteiger partial charge on any atom is 0.249 e. The van der Waals surface area contributed by atoms with Gasteiger partial charge >= 0.3 is 0 Å². The molecule has 0 saturated carbocycles. The summed E-state index contributed by atoms with van der Waals surface area (Å²) in [4.78, 5) is 27.6. The number of hydrogen-bond acceptors (Lipinski definition) is 5. The number of aromatic nitrogens is 2. The molecule has 2 amide bonds. The van der Waals surface area contributed by atoms with E-state index in [1.165, 1.54) is 6.92 Å². The smallest absolute Gasteiger partial charge is 0.249 e. The van der Waals surface area contributed by atoms with Crippen LogP contribution >= 0.6 is 0 Å². The van der Waals surface area contributed by atoms with Gasteiger partial charge in [0.2, 0.25) is 17.7 Å². The fourth-order valence-corrected chi connectivity index (χ4v) is 2.29. The van der Waals surface area contributed by atoms with Crippen LogP contribution in [0.2, 0.25) is 0 Å². The summed E-state index contributed by atoms with van der Waals surface area (Å²) in [5.74, 6) is 0.563. The van der Waals surface area contributed by atoms with Crippen LogP contribution in [0, 0.1) is 5.92 Å². The monoisotopic (exact) mass is 330 g/mol. The van der Waals surface area contributed by atoms with Crippen molar-refractivity contribution in [2.45, 2.75) is 39.7 Å². The molecule has 0 aliphatic carbocycles. The Labute approximate surface area is 140 Å². The number of rotatable bonds is 7. The highest BCUT2D eigenvalue weighted by Crippen LogP contribution is 2.20. The number of nitrogens with zero attached hydrogens (tertiary/aromatic N) is 2. The molecule has 0 unspecified atom stereocenters. The van der Waals surface area contributed by atoms with E-state index in [9.17, 15) is 9.59 Å².